The Hall–Kier alpha value is -1.51. The van der Waals surface area contributed by atoms with E-state index in [2.05, 4.69) is 38.1 Å². The zero-order valence-electron chi connectivity index (χ0n) is 10.3. The number of carbonyl (C=O) groups is 1. The molecule has 0 aliphatic carbocycles. The van der Waals surface area contributed by atoms with Crippen LogP contribution in [0.1, 0.15) is 25.8 Å². The van der Waals surface area contributed by atoms with Gasteiger partial charge < -0.3 is 5.11 Å². The number of hydrogen-bond donors (Lipinski definition) is 1. The molecule has 7 heteroatoms. The summed E-state index contributed by atoms with van der Waals surface area (Å²) >= 11 is 2.22. The van der Waals surface area contributed by atoms with Gasteiger partial charge in [-0.05, 0) is 51.6 Å². The number of aliphatic carboxylic acids is 1. The van der Waals surface area contributed by atoms with E-state index in [9.17, 15) is 4.79 Å². The van der Waals surface area contributed by atoms with E-state index in [1.807, 2.05) is 31.2 Å². The van der Waals surface area contributed by atoms with E-state index in [0.29, 0.717) is 12.2 Å². The zero-order chi connectivity index (χ0) is 13.8. The molecule has 19 heavy (non-hydrogen) atoms. The van der Waals surface area contributed by atoms with Crippen LogP contribution >= 0.6 is 22.6 Å². The van der Waals surface area contributed by atoms with E-state index in [-0.39, 0.29) is 12.5 Å². The SMILES string of the molecule is CCC(CC(=O)O)n1nnnc1-c1cccc(I)c1. The summed E-state index contributed by atoms with van der Waals surface area (Å²) in [5.74, 6) is -0.248. The number of benzene rings is 1. The molecule has 0 saturated heterocycles. The van der Waals surface area contributed by atoms with E-state index in [0.717, 1.165) is 9.13 Å². The van der Waals surface area contributed by atoms with Gasteiger partial charge in [-0.2, -0.15) is 0 Å². The molecule has 1 N–H and O–H groups in total. The lowest BCUT2D eigenvalue weighted by Gasteiger charge is -2.14. The molecule has 0 aliphatic heterocycles. The van der Waals surface area contributed by atoms with Crippen molar-refractivity contribution in [2.24, 2.45) is 0 Å². The molecule has 0 saturated carbocycles. The Morgan fingerprint density at radius 2 is 2.32 bits per heavy atom. The molecule has 1 aromatic carbocycles. The highest BCUT2D eigenvalue weighted by atomic mass is 127. The largest absolute Gasteiger partial charge is 0.481 e. The molecule has 2 rings (SSSR count). The van der Waals surface area contributed by atoms with Crippen molar-refractivity contribution >= 4 is 28.6 Å². The van der Waals surface area contributed by atoms with Gasteiger partial charge in [0.05, 0.1) is 12.5 Å². The van der Waals surface area contributed by atoms with Crippen LogP contribution in [0.5, 0.6) is 0 Å². The summed E-state index contributed by atoms with van der Waals surface area (Å²) in [6.07, 6.45) is 0.673. The Morgan fingerprint density at radius 1 is 1.53 bits per heavy atom. The smallest absolute Gasteiger partial charge is 0.305 e. The normalized spacial score (nSPS) is 12.3. The van der Waals surface area contributed by atoms with Gasteiger partial charge in [-0.3, -0.25) is 4.79 Å². The van der Waals surface area contributed by atoms with Crippen molar-refractivity contribution in [3.63, 3.8) is 0 Å². The van der Waals surface area contributed by atoms with Crippen LogP contribution in [0.4, 0.5) is 0 Å². The lowest BCUT2D eigenvalue weighted by atomic mass is 10.1. The molecule has 100 valence electrons. The van der Waals surface area contributed by atoms with Crippen molar-refractivity contribution in [3.05, 3.63) is 27.8 Å². The minimum absolute atomic E-state index is 0.0124. The van der Waals surface area contributed by atoms with Gasteiger partial charge in [0.2, 0.25) is 0 Å². The molecule has 0 radical (unpaired) electrons. The maximum absolute atomic E-state index is 10.9. The average molecular weight is 372 g/mol. The van der Waals surface area contributed by atoms with Gasteiger partial charge in [0.25, 0.3) is 0 Å². The van der Waals surface area contributed by atoms with Crippen LogP contribution in [-0.2, 0) is 4.79 Å². The van der Waals surface area contributed by atoms with Gasteiger partial charge in [0, 0.05) is 9.13 Å². The number of nitrogens with zero attached hydrogens (tertiary/aromatic N) is 4. The fourth-order valence-electron chi connectivity index (χ4n) is 1.86. The van der Waals surface area contributed by atoms with Crippen LogP contribution in [0.15, 0.2) is 24.3 Å². The molecule has 0 amide bonds. The van der Waals surface area contributed by atoms with E-state index in [1.165, 1.54) is 0 Å². The Kier molecular flexibility index (Phi) is 4.46. The number of tetrazole rings is 1. The van der Waals surface area contributed by atoms with Crippen LogP contribution in [0.3, 0.4) is 0 Å². The van der Waals surface area contributed by atoms with Crippen LogP contribution < -0.4 is 0 Å². The number of carboxylic acid groups (broad SMARTS) is 1. The molecule has 2 aromatic rings. The molecule has 0 fully saturated rings. The highest BCUT2D eigenvalue weighted by Gasteiger charge is 2.19. The third-order valence-electron chi connectivity index (χ3n) is 2.80. The highest BCUT2D eigenvalue weighted by molar-refractivity contribution is 14.1. The minimum atomic E-state index is -0.851. The first-order valence-corrected chi connectivity index (χ1v) is 6.95. The predicted molar refractivity (Wildman–Crippen MR) is 77.6 cm³/mol. The van der Waals surface area contributed by atoms with Gasteiger partial charge in [-0.25, -0.2) is 4.68 Å². The monoisotopic (exact) mass is 372 g/mol. The Morgan fingerprint density at radius 3 is 2.95 bits per heavy atom. The van der Waals surface area contributed by atoms with Crippen molar-refractivity contribution in [2.75, 3.05) is 0 Å². The first-order valence-electron chi connectivity index (χ1n) is 5.87. The molecule has 1 heterocycles. The molecular weight excluding hydrogens is 359 g/mol. The topological polar surface area (TPSA) is 80.9 Å². The van der Waals surface area contributed by atoms with Gasteiger partial charge in [-0.15, -0.1) is 5.10 Å². The molecular formula is C12H13IN4O2. The molecule has 1 unspecified atom stereocenters. The summed E-state index contributed by atoms with van der Waals surface area (Å²) in [6.45, 7) is 1.92. The summed E-state index contributed by atoms with van der Waals surface area (Å²) in [5.41, 5.74) is 0.890. The summed E-state index contributed by atoms with van der Waals surface area (Å²) in [6, 6.07) is 7.55. The number of hydrogen-bond acceptors (Lipinski definition) is 4. The second kappa shape index (κ2) is 6.09. The third kappa shape index (κ3) is 3.28. The lowest BCUT2D eigenvalue weighted by molar-refractivity contribution is -0.138. The van der Waals surface area contributed by atoms with Crippen molar-refractivity contribution in [1.29, 1.82) is 0 Å². The lowest BCUT2D eigenvalue weighted by Crippen LogP contribution is -2.15. The molecule has 0 spiro atoms. The van der Waals surface area contributed by atoms with Crippen molar-refractivity contribution in [3.8, 4) is 11.4 Å². The predicted octanol–water partition coefficient (Wildman–Crippen LogP) is 2.37. The summed E-state index contributed by atoms with van der Waals surface area (Å²) in [7, 11) is 0. The van der Waals surface area contributed by atoms with Crippen molar-refractivity contribution in [1.82, 2.24) is 20.2 Å². The molecule has 0 aliphatic rings. The summed E-state index contributed by atoms with van der Waals surface area (Å²) in [4.78, 5) is 10.9. The van der Waals surface area contributed by atoms with E-state index >= 15 is 0 Å². The Balaban J connectivity index is 2.38. The summed E-state index contributed by atoms with van der Waals surface area (Å²) < 4.78 is 2.68. The van der Waals surface area contributed by atoms with Crippen molar-refractivity contribution in [2.45, 2.75) is 25.8 Å². The van der Waals surface area contributed by atoms with Gasteiger partial charge in [0.1, 0.15) is 0 Å². The zero-order valence-corrected chi connectivity index (χ0v) is 12.5. The quantitative estimate of drug-likeness (QED) is 0.816. The molecule has 6 nitrogen and oxygen atoms in total. The van der Waals surface area contributed by atoms with Crippen LogP contribution in [0, 0.1) is 3.57 Å². The number of rotatable bonds is 5. The van der Waals surface area contributed by atoms with E-state index in [4.69, 9.17) is 5.11 Å². The van der Waals surface area contributed by atoms with E-state index in [1.54, 1.807) is 4.68 Å². The highest BCUT2D eigenvalue weighted by Crippen LogP contribution is 2.24. The maximum atomic E-state index is 10.9. The van der Waals surface area contributed by atoms with Crippen LogP contribution in [-0.4, -0.2) is 31.3 Å². The third-order valence-corrected chi connectivity index (χ3v) is 3.47. The van der Waals surface area contributed by atoms with E-state index < -0.39 is 5.97 Å². The maximum Gasteiger partial charge on any atom is 0.305 e. The average Bonchev–Trinajstić information content (AvgIpc) is 2.84. The van der Waals surface area contributed by atoms with Gasteiger partial charge >= 0.3 is 5.97 Å². The Labute approximate surface area is 124 Å². The van der Waals surface area contributed by atoms with Crippen LogP contribution in [0.25, 0.3) is 11.4 Å². The first-order chi connectivity index (χ1) is 9.11. The fourth-order valence-corrected chi connectivity index (χ4v) is 2.41. The Bertz CT molecular complexity index is 585. The second-order valence-corrected chi connectivity index (χ2v) is 5.36. The number of aromatic nitrogens is 4. The van der Waals surface area contributed by atoms with Crippen molar-refractivity contribution < 1.29 is 9.90 Å². The summed E-state index contributed by atoms with van der Waals surface area (Å²) in [5, 5.41) is 20.6. The standard InChI is InChI=1S/C12H13IN4O2/c1-2-10(7-11(18)19)17-12(14-15-16-17)8-4-3-5-9(13)6-8/h3-6,10H,2,7H2,1H3,(H,18,19). The number of carboxylic acids is 1. The minimum Gasteiger partial charge on any atom is -0.481 e. The molecule has 1 aromatic heterocycles. The first kappa shape index (κ1) is 13.9. The molecule has 0 bridgehead atoms. The van der Waals surface area contributed by atoms with Gasteiger partial charge in [0.15, 0.2) is 5.82 Å². The molecule has 1 atom stereocenters. The number of halogens is 1. The van der Waals surface area contributed by atoms with Crippen LogP contribution in [0.2, 0.25) is 0 Å². The second-order valence-electron chi connectivity index (χ2n) is 4.12. The fraction of sp³-hybridized carbons (Fsp3) is 0.333. The van der Waals surface area contributed by atoms with Gasteiger partial charge in [-0.1, -0.05) is 19.1 Å².